The predicted octanol–water partition coefficient (Wildman–Crippen LogP) is 4.05. The van der Waals surface area contributed by atoms with Crippen LogP contribution < -0.4 is 5.73 Å². The highest BCUT2D eigenvalue weighted by Gasteiger charge is 2.03. The molecule has 0 bridgehead atoms. The molecule has 0 fully saturated rings. The Labute approximate surface area is 129 Å². The van der Waals surface area contributed by atoms with Gasteiger partial charge in [0.05, 0.1) is 5.69 Å². The van der Waals surface area contributed by atoms with Gasteiger partial charge < -0.3 is 5.73 Å². The summed E-state index contributed by atoms with van der Waals surface area (Å²) in [6.45, 7) is 0.514. The fraction of sp³-hybridized carbons (Fsp3) is 0.167. The maximum Gasteiger partial charge on any atom is 0.107 e. The second-order valence-corrected chi connectivity index (χ2v) is 5.96. The van der Waals surface area contributed by atoms with Gasteiger partial charge in [-0.1, -0.05) is 54.6 Å². The summed E-state index contributed by atoms with van der Waals surface area (Å²) < 4.78 is 0. The molecule has 3 heteroatoms. The summed E-state index contributed by atoms with van der Waals surface area (Å²) in [5.41, 5.74) is 10.5. The van der Waals surface area contributed by atoms with Crippen LogP contribution in [0.25, 0.3) is 11.3 Å². The monoisotopic (exact) mass is 294 g/mol. The van der Waals surface area contributed by atoms with Crippen LogP contribution in [0, 0.1) is 0 Å². The van der Waals surface area contributed by atoms with Crippen LogP contribution in [0.4, 0.5) is 0 Å². The lowest BCUT2D eigenvalue weighted by Gasteiger charge is -2.03. The van der Waals surface area contributed by atoms with E-state index in [0.717, 1.165) is 29.1 Å². The first-order valence-electron chi connectivity index (χ1n) is 7.13. The second-order valence-electron chi connectivity index (χ2n) is 5.01. The Morgan fingerprint density at radius 3 is 2.14 bits per heavy atom. The normalized spacial score (nSPS) is 10.7. The molecule has 106 valence electrons. The minimum atomic E-state index is 0.514. The zero-order valence-electron chi connectivity index (χ0n) is 11.8. The molecule has 2 aromatic carbocycles. The Morgan fingerprint density at radius 2 is 1.52 bits per heavy atom. The van der Waals surface area contributed by atoms with E-state index in [4.69, 9.17) is 5.73 Å². The maximum atomic E-state index is 5.61. The molecule has 3 rings (SSSR count). The van der Waals surface area contributed by atoms with Gasteiger partial charge in [-0.2, -0.15) is 0 Å². The van der Waals surface area contributed by atoms with E-state index in [1.54, 1.807) is 11.3 Å². The van der Waals surface area contributed by atoms with Crippen molar-refractivity contribution in [3.8, 4) is 11.3 Å². The molecule has 0 aliphatic rings. The molecule has 3 aromatic rings. The zero-order valence-corrected chi connectivity index (χ0v) is 12.6. The van der Waals surface area contributed by atoms with E-state index in [1.807, 2.05) is 0 Å². The van der Waals surface area contributed by atoms with Crippen molar-refractivity contribution in [3.05, 3.63) is 76.1 Å². The predicted molar refractivity (Wildman–Crippen MR) is 89.3 cm³/mol. The molecule has 0 spiro atoms. The largest absolute Gasteiger partial charge is 0.325 e. The maximum absolute atomic E-state index is 5.61. The molecule has 0 saturated heterocycles. The summed E-state index contributed by atoms with van der Waals surface area (Å²) >= 11 is 1.62. The quantitative estimate of drug-likeness (QED) is 0.771. The van der Waals surface area contributed by atoms with E-state index >= 15 is 0 Å². The van der Waals surface area contributed by atoms with Crippen molar-refractivity contribution in [3.63, 3.8) is 0 Å². The fourth-order valence-corrected chi connectivity index (χ4v) is 3.00. The molecule has 1 aromatic heterocycles. The van der Waals surface area contributed by atoms with Crippen LogP contribution in [-0.2, 0) is 19.4 Å². The summed E-state index contributed by atoms with van der Waals surface area (Å²) in [6.07, 6.45) is 2.14. The molecule has 21 heavy (non-hydrogen) atoms. The van der Waals surface area contributed by atoms with E-state index in [1.165, 1.54) is 11.1 Å². The van der Waals surface area contributed by atoms with Crippen LogP contribution in [-0.4, -0.2) is 4.98 Å². The van der Waals surface area contributed by atoms with E-state index < -0.39 is 0 Å². The number of benzene rings is 2. The number of aromatic nitrogens is 1. The molecule has 2 N–H and O–H groups in total. The molecule has 0 aliphatic carbocycles. The van der Waals surface area contributed by atoms with Gasteiger partial charge in [0.15, 0.2) is 0 Å². The van der Waals surface area contributed by atoms with Crippen molar-refractivity contribution in [1.82, 2.24) is 4.98 Å². The van der Waals surface area contributed by atoms with Crippen LogP contribution in [0.5, 0.6) is 0 Å². The van der Waals surface area contributed by atoms with Crippen LogP contribution in [0.3, 0.4) is 0 Å². The van der Waals surface area contributed by atoms with Gasteiger partial charge in [0, 0.05) is 17.5 Å². The summed E-state index contributed by atoms with van der Waals surface area (Å²) in [4.78, 5) is 4.52. The number of nitrogens with zero attached hydrogens (tertiary/aromatic N) is 1. The number of thiazole rings is 1. The van der Waals surface area contributed by atoms with Crippen LogP contribution in [0.1, 0.15) is 16.1 Å². The van der Waals surface area contributed by atoms with Gasteiger partial charge in [-0.05, 0) is 24.0 Å². The highest BCUT2D eigenvalue weighted by atomic mass is 32.1. The van der Waals surface area contributed by atoms with E-state index in [0.29, 0.717) is 6.54 Å². The third-order valence-electron chi connectivity index (χ3n) is 3.52. The first-order valence-corrected chi connectivity index (χ1v) is 8.01. The van der Waals surface area contributed by atoms with Gasteiger partial charge in [-0.25, -0.2) is 4.98 Å². The number of hydrogen-bond acceptors (Lipinski definition) is 3. The summed E-state index contributed by atoms with van der Waals surface area (Å²) in [5.74, 6) is 0. The molecule has 2 nitrogen and oxygen atoms in total. The molecular weight excluding hydrogens is 276 g/mol. The standard InChI is InChI=1S/C18H18N2S/c19-12-18-20-17(13-21-18)16-10-8-15(9-11-16)7-6-14-4-2-1-3-5-14/h1-5,8-11,13H,6-7,12,19H2. The van der Waals surface area contributed by atoms with Gasteiger partial charge >= 0.3 is 0 Å². The molecule has 0 unspecified atom stereocenters. The molecule has 1 heterocycles. The van der Waals surface area contributed by atoms with Crippen molar-refractivity contribution < 1.29 is 0 Å². The van der Waals surface area contributed by atoms with Gasteiger partial charge in [-0.15, -0.1) is 11.3 Å². The summed E-state index contributed by atoms with van der Waals surface area (Å²) in [6, 6.07) is 19.3. The highest BCUT2D eigenvalue weighted by Crippen LogP contribution is 2.22. The molecule has 0 atom stereocenters. The lowest BCUT2D eigenvalue weighted by atomic mass is 10.0. The third kappa shape index (κ3) is 3.57. The zero-order chi connectivity index (χ0) is 14.5. The summed E-state index contributed by atoms with van der Waals surface area (Å²) in [5, 5.41) is 3.06. The Balaban J connectivity index is 1.66. The van der Waals surface area contributed by atoms with Crippen LogP contribution >= 0.6 is 11.3 Å². The van der Waals surface area contributed by atoms with E-state index in [9.17, 15) is 0 Å². The molecule has 0 saturated carbocycles. The number of nitrogens with two attached hydrogens (primary N) is 1. The van der Waals surface area contributed by atoms with Crippen molar-refractivity contribution in [1.29, 1.82) is 0 Å². The minimum absolute atomic E-state index is 0.514. The van der Waals surface area contributed by atoms with E-state index in [-0.39, 0.29) is 0 Å². The van der Waals surface area contributed by atoms with Crippen LogP contribution in [0.2, 0.25) is 0 Å². The highest BCUT2D eigenvalue weighted by molar-refractivity contribution is 7.09. The SMILES string of the molecule is NCc1nc(-c2ccc(CCc3ccccc3)cc2)cs1. The number of hydrogen-bond donors (Lipinski definition) is 1. The first kappa shape index (κ1) is 14.0. The Kier molecular flexibility index (Phi) is 4.43. The second kappa shape index (κ2) is 6.66. The van der Waals surface area contributed by atoms with Gasteiger partial charge in [0.25, 0.3) is 0 Å². The molecule has 0 amide bonds. The lowest BCUT2D eigenvalue weighted by molar-refractivity contribution is 0.960. The van der Waals surface area contributed by atoms with Crippen molar-refractivity contribution >= 4 is 11.3 Å². The van der Waals surface area contributed by atoms with Gasteiger partial charge in [0.2, 0.25) is 0 Å². The summed E-state index contributed by atoms with van der Waals surface area (Å²) in [7, 11) is 0. The smallest absolute Gasteiger partial charge is 0.107 e. The Bertz CT molecular complexity index is 687. The van der Waals surface area contributed by atoms with Gasteiger partial charge in [-0.3, -0.25) is 0 Å². The van der Waals surface area contributed by atoms with Crippen molar-refractivity contribution in [2.24, 2.45) is 5.73 Å². The molecular formula is C18H18N2S. The lowest BCUT2D eigenvalue weighted by Crippen LogP contribution is -1.94. The molecule has 0 aliphatic heterocycles. The van der Waals surface area contributed by atoms with Gasteiger partial charge in [0.1, 0.15) is 5.01 Å². The Hall–Kier alpha value is -1.97. The van der Waals surface area contributed by atoms with Crippen molar-refractivity contribution in [2.75, 3.05) is 0 Å². The van der Waals surface area contributed by atoms with Crippen molar-refractivity contribution in [2.45, 2.75) is 19.4 Å². The average molecular weight is 294 g/mol. The van der Waals surface area contributed by atoms with Crippen LogP contribution in [0.15, 0.2) is 60.0 Å². The minimum Gasteiger partial charge on any atom is -0.325 e. The number of aryl methyl sites for hydroxylation is 2. The van der Waals surface area contributed by atoms with E-state index in [2.05, 4.69) is 65.0 Å². The Morgan fingerprint density at radius 1 is 0.857 bits per heavy atom. The molecule has 0 radical (unpaired) electrons. The third-order valence-corrected chi connectivity index (χ3v) is 4.39. The first-order chi connectivity index (χ1) is 10.3. The fourth-order valence-electron chi connectivity index (χ4n) is 2.31. The number of rotatable bonds is 5. The topological polar surface area (TPSA) is 38.9 Å². The average Bonchev–Trinajstić information content (AvgIpc) is 3.03.